The van der Waals surface area contributed by atoms with Crippen LogP contribution < -0.4 is 51.4 Å². The molecule has 144 valence electrons. The van der Waals surface area contributed by atoms with E-state index in [1.807, 2.05) is 20.8 Å². The van der Waals surface area contributed by atoms with E-state index in [2.05, 4.69) is 10.2 Å². The number of nitro groups is 1. The molecule has 2 N–H and O–H groups in total. The Morgan fingerprint density at radius 2 is 1.61 bits per heavy atom. The van der Waals surface area contributed by atoms with Crippen LogP contribution in [0.1, 0.15) is 26.3 Å². The SMILES string of the molecule is CC(C)(C)c1ccc(O)c(N=Nc2cc([N+](=O)[O-])cc(S(=O)(=O)[O-])c2O)c1.[K+]. The fraction of sp³-hybridized carbons (Fsp3) is 0.250. The number of benzene rings is 2. The molecule has 0 atom stereocenters. The number of hydrogen-bond donors (Lipinski definition) is 2. The van der Waals surface area contributed by atoms with E-state index in [0.29, 0.717) is 6.07 Å². The first-order valence-electron chi connectivity index (χ1n) is 7.53. The van der Waals surface area contributed by atoms with E-state index >= 15 is 0 Å². The van der Waals surface area contributed by atoms with Gasteiger partial charge in [-0.2, -0.15) is 0 Å². The first-order valence-corrected chi connectivity index (χ1v) is 8.94. The molecule has 0 aliphatic heterocycles. The van der Waals surface area contributed by atoms with Crippen LogP contribution >= 0.6 is 0 Å². The van der Waals surface area contributed by atoms with Gasteiger partial charge in [0.15, 0.2) is 5.75 Å². The normalized spacial score (nSPS) is 12.0. The monoisotopic (exact) mass is 433 g/mol. The second-order valence-corrected chi connectivity index (χ2v) is 8.02. The fourth-order valence-electron chi connectivity index (χ4n) is 2.13. The van der Waals surface area contributed by atoms with Crippen LogP contribution in [0.5, 0.6) is 11.5 Å². The van der Waals surface area contributed by atoms with Crippen molar-refractivity contribution < 1.29 is 79.5 Å². The molecule has 0 aliphatic rings. The molecule has 0 aliphatic carbocycles. The van der Waals surface area contributed by atoms with Gasteiger partial charge in [0.25, 0.3) is 5.69 Å². The number of nitro benzene ring substituents is 1. The third kappa shape index (κ3) is 5.79. The summed E-state index contributed by atoms with van der Waals surface area (Å²) in [7, 11) is -5.18. The number of non-ortho nitro benzene ring substituents is 1. The van der Waals surface area contributed by atoms with Crippen LogP contribution in [0.2, 0.25) is 0 Å². The quantitative estimate of drug-likeness (QED) is 0.234. The van der Waals surface area contributed by atoms with Gasteiger partial charge in [-0.1, -0.05) is 26.8 Å². The van der Waals surface area contributed by atoms with Gasteiger partial charge >= 0.3 is 51.4 Å². The summed E-state index contributed by atoms with van der Waals surface area (Å²) in [4.78, 5) is 8.82. The van der Waals surface area contributed by atoms with Crippen molar-refractivity contribution in [1.29, 1.82) is 0 Å². The minimum atomic E-state index is -5.18. The Kier molecular flexibility index (Phi) is 7.86. The molecule has 0 radical (unpaired) electrons. The maximum atomic E-state index is 11.2. The molecule has 10 nitrogen and oxygen atoms in total. The molecular formula is C16H16KN3O7S. The number of nitrogens with zero attached hydrogens (tertiary/aromatic N) is 3. The summed E-state index contributed by atoms with van der Waals surface area (Å²) in [6.45, 7) is 5.79. The van der Waals surface area contributed by atoms with Crippen molar-refractivity contribution >= 4 is 27.2 Å². The van der Waals surface area contributed by atoms with Crippen molar-refractivity contribution in [3.8, 4) is 11.5 Å². The van der Waals surface area contributed by atoms with Gasteiger partial charge < -0.3 is 14.8 Å². The molecule has 2 aromatic rings. The molecule has 0 saturated carbocycles. The van der Waals surface area contributed by atoms with E-state index in [-0.39, 0.29) is 68.2 Å². The van der Waals surface area contributed by atoms with Crippen LogP contribution in [0, 0.1) is 10.1 Å². The van der Waals surface area contributed by atoms with E-state index in [1.54, 1.807) is 6.07 Å². The summed E-state index contributed by atoms with van der Waals surface area (Å²) >= 11 is 0. The molecule has 0 heterocycles. The van der Waals surface area contributed by atoms with Crippen molar-refractivity contribution in [2.75, 3.05) is 0 Å². The van der Waals surface area contributed by atoms with Gasteiger partial charge in [-0.05, 0) is 23.1 Å². The Labute approximate surface area is 203 Å². The summed E-state index contributed by atoms with van der Waals surface area (Å²) in [6.07, 6.45) is 0. The van der Waals surface area contributed by atoms with Crippen LogP contribution in [0.15, 0.2) is 45.5 Å². The third-order valence-electron chi connectivity index (χ3n) is 3.63. The van der Waals surface area contributed by atoms with E-state index < -0.39 is 37.1 Å². The summed E-state index contributed by atoms with van der Waals surface area (Å²) in [6, 6.07) is 5.79. The van der Waals surface area contributed by atoms with Crippen LogP contribution in [-0.2, 0) is 15.5 Å². The van der Waals surface area contributed by atoms with Gasteiger partial charge in [-0.25, -0.2) is 8.42 Å². The predicted octanol–water partition coefficient (Wildman–Crippen LogP) is 0.627. The minimum absolute atomic E-state index is 0. The van der Waals surface area contributed by atoms with E-state index in [1.165, 1.54) is 12.1 Å². The largest absolute Gasteiger partial charge is 1.00 e. The zero-order valence-electron chi connectivity index (χ0n) is 15.6. The molecule has 0 aromatic heterocycles. The Morgan fingerprint density at radius 3 is 2.11 bits per heavy atom. The van der Waals surface area contributed by atoms with Crippen molar-refractivity contribution in [3.63, 3.8) is 0 Å². The zero-order valence-corrected chi connectivity index (χ0v) is 19.5. The number of phenols is 2. The Hall–Kier alpha value is -1.41. The fourth-order valence-corrected chi connectivity index (χ4v) is 2.74. The molecule has 2 rings (SSSR count). The Bertz CT molecular complexity index is 1050. The Balaban J connectivity index is 0.00000392. The number of azo groups is 1. The van der Waals surface area contributed by atoms with Gasteiger partial charge in [0.2, 0.25) is 0 Å². The minimum Gasteiger partial charge on any atom is -0.744 e. The number of aromatic hydroxyl groups is 2. The molecule has 0 amide bonds. The summed E-state index contributed by atoms with van der Waals surface area (Å²) < 4.78 is 33.6. The van der Waals surface area contributed by atoms with Gasteiger partial charge in [-0.15, -0.1) is 10.2 Å². The van der Waals surface area contributed by atoms with Gasteiger partial charge in [0, 0.05) is 12.1 Å². The summed E-state index contributed by atoms with van der Waals surface area (Å²) in [5.74, 6) is -1.31. The third-order valence-corrected chi connectivity index (χ3v) is 4.48. The smallest absolute Gasteiger partial charge is 0.744 e. The van der Waals surface area contributed by atoms with Gasteiger partial charge in [0.1, 0.15) is 32.1 Å². The molecule has 0 saturated heterocycles. The standard InChI is InChI=1S/C16H17N3O7S.K/c1-16(2,3)9-4-5-13(20)11(6-9)17-18-12-7-10(19(22)23)8-14(15(12)21)27(24,25)26;/h4-8,20-21H,1-3H3,(H,24,25,26);/q;+1/p-1. The molecular weight excluding hydrogens is 417 g/mol. The average molecular weight is 433 g/mol. The van der Waals surface area contributed by atoms with E-state index in [4.69, 9.17) is 0 Å². The van der Waals surface area contributed by atoms with Gasteiger partial charge in [-0.3, -0.25) is 10.1 Å². The van der Waals surface area contributed by atoms with Crippen molar-refractivity contribution in [3.05, 3.63) is 46.0 Å². The van der Waals surface area contributed by atoms with E-state index in [9.17, 15) is 33.3 Å². The zero-order chi connectivity index (χ0) is 20.6. The Morgan fingerprint density at radius 1 is 1.04 bits per heavy atom. The maximum absolute atomic E-state index is 11.2. The second-order valence-electron chi connectivity index (χ2n) is 6.68. The number of rotatable bonds is 4. The van der Waals surface area contributed by atoms with Crippen LogP contribution in [0.3, 0.4) is 0 Å². The van der Waals surface area contributed by atoms with Crippen molar-refractivity contribution in [2.45, 2.75) is 31.1 Å². The average Bonchev–Trinajstić information content (AvgIpc) is 2.52. The summed E-state index contributed by atoms with van der Waals surface area (Å²) in [5.41, 5.74) is -0.821. The maximum Gasteiger partial charge on any atom is 1.00 e. The molecule has 0 spiro atoms. The summed E-state index contributed by atoms with van der Waals surface area (Å²) in [5, 5.41) is 38.1. The first-order chi connectivity index (χ1) is 12.3. The number of hydrogen-bond acceptors (Lipinski definition) is 9. The number of phenolic OH excluding ortho intramolecular Hbond substituents is 2. The first kappa shape index (κ1) is 24.6. The second kappa shape index (κ2) is 8.94. The molecule has 0 unspecified atom stereocenters. The van der Waals surface area contributed by atoms with Crippen LogP contribution in [-0.4, -0.2) is 28.1 Å². The van der Waals surface area contributed by atoms with Crippen LogP contribution in [0.25, 0.3) is 0 Å². The molecule has 2 aromatic carbocycles. The molecule has 12 heteroatoms. The molecule has 0 bridgehead atoms. The molecule has 28 heavy (non-hydrogen) atoms. The van der Waals surface area contributed by atoms with Gasteiger partial charge in [0.05, 0.1) is 4.92 Å². The van der Waals surface area contributed by atoms with Crippen molar-refractivity contribution in [1.82, 2.24) is 0 Å². The predicted molar refractivity (Wildman–Crippen MR) is 93.7 cm³/mol. The van der Waals surface area contributed by atoms with Crippen LogP contribution in [0.4, 0.5) is 17.1 Å². The topological polar surface area (TPSA) is 166 Å². The molecule has 0 fully saturated rings. The van der Waals surface area contributed by atoms with E-state index in [0.717, 1.165) is 11.6 Å². The van der Waals surface area contributed by atoms with Crippen molar-refractivity contribution in [2.24, 2.45) is 10.2 Å².